The number of carbonyl (C=O) groups is 1. The van der Waals surface area contributed by atoms with Crippen molar-refractivity contribution in [1.82, 2.24) is 10.4 Å². The van der Waals surface area contributed by atoms with Crippen molar-refractivity contribution in [2.45, 2.75) is 0 Å². The zero-order valence-corrected chi connectivity index (χ0v) is 5.14. The van der Waals surface area contributed by atoms with E-state index in [1.54, 1.807) is 0 Å². The molecule has 0 aliphatic rings. The molecule has 0 aromatic carbocycles. The third-order valence-corrected chi connectivity index (χ3v) is 0.644. The lowest BCUT2D eigenvalue weighted by Crippen LogP contribution is -2.49. The first-order valence-electron chi connectivity index (χ1n) is 2.22. The van der Waals surface area contributed by atoms with Crippen LogP contribution in [0.5, 0.6) is 0 Å². The molecule has 0 heterocycles. The number of nitrogens with two attached hydrogens (primary N) is 1. The summed E-state index contributed by atoms with van der Waals surface area (Å²) in [7, 11) is 0. The highest BCUT2D eigenvalue weighted by molar-refractivity contribution is 5.89. The van der Waals surface area contributed by atoms with E-state index >= 15 is 0 Å². The van der Waals surface area contributed by atoms with Gasteiger partial charge in [-0.15, -0.1) is 0 Å². The summed E-state index contributed by atoms with van der Waals surface area (Å²) in [5.74, 6) is 3.63. The zero-order valence-electron chi connectivity index (χ0n) is 5.14. The highest BCUT2D eigenvalue weighted by Gasteiger charge is 2.15. The van der Waals surface area contributed by atoms with Crippen molar-refractivity contribution in [3.05, 3.63) is 10.1 Å². The molecular weight excluding hydrogens is 158 g/mol. The zero-order chi connectivity index (χ0) is 9.02. The summed E-state index contributed by atoms with van der Waals surface area (Å²) in [6.07, 6.45) is -1.66. The van der Waals surface area contributed by atoms with Crippen molar-refractivity contribution in [2.24, 2.45) is 5.84 Å². The van der Waals surface area contributed by atoms with Crippen molar-refractivity contribution in [3.8, 4) is 0 Å². The maximum absolute atomic E-state index is 9.92. The maximum Gasteiger partial charge on any atom is 0.429 e. The number of hydrazine groups is 2. The van der Waals surface area contributed by atoms with Gasteiger partial charge in [-0.1, -0.05) is 5.43 Å². The number of rotatable bonds is 1. The van der Waals surface area contributed by atoms with Crippen molar-refractivity contribution in [1.29, 1.82) is 5.41 Å². The number of hydrogen-bond donors (Lipinski definition) is 4. The lowest BCUT2D eigenvalue weighted by molar-refractivity contribution is -0.526. The van der Waals surface area contributed by atoms with E-state index in [0.717, 1.165) is 0 Å². The molecule has 9 heteroatoms. The molecule has 0 aliphatic carbocycles. The minimum atomic E-state index is -1.66. The van der Waals surface area contributed by atoms with Gasteiger partial charge in [-0.2, -0.15) is 5.01 Å². The number of amides is 1. The molecule has 0 saturated heterocycles. The van der Waals surface area contributed by atoms with Crippen LogP contribution in [0, 0.1) is 15.5 Å². The largest absolute Gasteiger partial charge is 0.464 e. The van der Waals surface area contributed by atoms with Crippen molar-refractivity contribution in [2.75, 3.05) is 0 Å². The second kappa shape index (κ2) is 3.31. The number of nitrogens with zero attached hydrogens (tertiary/aromatic N) is 2. The highest BCUT2D eigenvalue weighted by Crippen LogP contribution is 1.77. The van der Waals surface area contributed by atoms with Gasteiger partial charge in [-0.05, 0) is 0 Å². The van der Waals surface area contributed by atoms with Gasteiger partial charge in [0.2, 0.25) is 0 Å². The van der Waals surface area contributed by atoms with E-state index in [9.17, 15) is 14.9 Å². The third kappa shape index (κ3) is 2.95. The Morgan fingerprint density at radius 1 is 1.82 bits per heavy atom. The molecule has 11 heavy (non-hydrogen) atoms. The van der Waals surface area contributed by atoms with Crippen LogP contribution in [0.1, 0.15) is 0 Å². The van der Waals surface area contributed by atoms with Crippen molar-refractivity contribution < 1.29 is 14.9 Å². The molecule has 62 valence electrons. The van der Waals surface area contributed by atoms with Gasteiger partial charge in [-0.25, -0.2) is 20.8 Å². The molecule has 0 spiro atoms. The molecular formula is C2H5N5O4. The van der Waals surface area contributed by atoms with E-state index in [-0.39, 0.29) is 5.01 Å². The first-order chi connectivity index (χ1) is 4.95. The average molecular weight is 163 g/mol. The number of guanidine groups is 1. The fraction of sp³-hybridized carbons (Fsp3) is 0. The van der Waals surface area contributed by atoms with Crippen LogP contribution in [0.15, 0.2) is 0 Å². The van der Waals surface area contributed by atoms with Crippen LogP contribution in [0.2, 0.25) is 0 Å². The second-order valence-corrected chi connectivity index (χ2v) is 1.37. The van der Waals surface area contributed by atoms with Gasteiger partial charge in [0.1, 0.15) is 0 Å². The quantitative estimate of drug-likeness (QED) is 0.0929. The number of hydrogen-bond acceptors (Lipinski definition) is 5. The van der Waals surface area contributed by atoms with Gasteiger partial charge >= 0.3 is 6.09 Å². The summed E-state index contributed by atoms with van der Waals surface area (Å²) < 4.78 is 0. The summed E-state index contributed by atoms with van der Waals surface area (Å²) >= 11 is 0. The predicted molar refractivity (Wildman–Crippen MR) is 31.9 cm³/mol. The van der Waals surface area contributed by atoms with Crippen LogP contribution in [0.4, 0.5) is 4.79 Å². The minimum absolute atomic E-state index is 0.122. The highest BCUT2D eigenvalue weighted by atomic mass is 16.7. The Morgan fingerprint density at radius 2 is 2.27 bits per heavy atom. The van der Waals surface area contributed by atoms with Crippen LogP contribution < -0.4 is 11.3 Å². The van der Waals surface area contributed by atoms with Crippen molar-refractivity contribution in [3.63, 3.8) is 0 Å². The SMILES string of the molecule is N=C(N[N+](=O)[O-])N(N)C(=O)O. The predicted octanol–water partition coefficient (Wildman–Crippen LogP) is -1.44. The van der Waals surface area contributed by atoms with E-state index in [1.807, 2.05) is 0 Å². The molecule has 0 atom stereocenters. The van der Waals surface area contributed by atoms with Gasteiger partial charge in [0, 0.05) is 0 Å². The van der Waals surface area contributed by atoms with E-state index < -0.39 is 17.1 Å². The van der Waals surface area contributed by atoms with Crippen LogP contribution >= 0.6 is 0 Å². The van der Waals surface area contributed by atoms with Gasteiger partial charge in [0.15, 0.2) is 5.03 Å². The first-order valence-corrected chi connectivity index (χ1v) is 2.22. The molecule has 0 fully saturated rings. The molecule has 0 aromatic rings. The lowest BCUT2D eigenvalue weighted by atomic mass is 10.9. The van der Waals surface area contributed by atoms with Crippen LogP contribution in [0.25, 0.3) is 0 Å². The fourth-order valence-electron chi connectivity index (χ4n) is 0.236. The van der Waals surface area contributed by atoms with E-state index in [1.165, 1.54) is 5.43 Å². The Hall–Kier alpha value is -1.90. The summed E-state index contributed by atoms with van der Waals surface area (Å²) in [6, 6.07) is 0. The molecule has 0 aromatic heterocycles. The van der Waals surface area contributed by atoms with Crippen LogP contribution in [0.3, 0.4) is 0 Å². The van der Waals surface area contributed by atoms with Gasteiger partial charge < -0.3 is 5.11 Å². The topological polar surface area (TPSA) is 146 Å². The second-order valence-electron chi connectivity index (χ2n) is 1.37. The Labute approximate surface area is 60.0 Å². The van der Waals surface area contributed by atoms with Crippen LogP contribution in [-0.2, 0) is 0 Å². The summed E-state index contributed by atoms with van der Waals surface area (Å²) in [4.78, 5) is 19.5. The molecule has 0 saturated carbocycles. The molecule has 1 amide bonds. The van der Waals surface area contributed by atoms with E-state index in [0.29, 0.717) is 0 Å². The third-order valence-electron chi connectivity index (χ3n) is 0.644. The molecule has 0 radical (unpaired) electrons. The Bertz CT molecular complexity index is 201. The molecule has 5 N–H and O–H groups in total. The number of carboxylic acid groups (broad SMARTS) is 1. The van der Waals surface area contributed by atoms with Gasteiger partial charge in [0.05, 0.1) is 0 Å². The average Bonchev–Trinajstić information content (AvgIpc) is 1.84. The molecule has 0 bridgehead atoms. The molecule has 0 aliphatic heterocycles. The van der Waals surface area contributed by atoms with Gasteiger partial charge in [-0.3, -0.25) is 5.41 Å². The van der Waals surface area contributed by atoms with Crippen molar-refractivity contribution >= 4 is 12.1 Å². The Morgan fingerprint density at radius 3 is 2.55 bits per heavy atom. The maximum atomic E-state index is 9.92. The minimum Gasteiger partial charge on any atom is -0.464 e. The number of nitro groups is 1. The normalized spacial score (nSPS) is 8.45. The smallest absolute Gasteiger partial charge is 0.429 e. The summed E-state index contributed by atoms with van der Waals surface area (Å²) in [5, 5.41) is 23.1. The molecule has 9 nitrogen and oxygen atoms in total. The Balaban J connectivity index is 4.04. The van der Waals surface area contributed by atoms with Crippen LogP contribution in [-0.4, -0.2) is 27.2 Å². The monoisotopic (exact) mass is 163 g/mol. The van der Waals surface area contributed by atoms with E-state index in [4.69, 9.17) is 10.5 Å². The molecule has 0 unspecified atom stereocenters. The summed E-state index contributed by atoms with van der Waals surface area (Å²) in [5.41, 5.74) is 1.25. The summed E-state index contributed by atoms with van der Waals surface area (Å²) in [6.45, 7) is 0. The standard InChI is InChI=1S/C2H5N5O4/c3-1(5-7(10)11)6(4)2(8)9/h4H2,(H2,3,5)(H,8,9). The van der Waals surface area contributed by atoms with E-state index in [2.05, 4.69) is 5.84 Å². The fourth-order valence-corrected chi connectivity index (χ4v) is 0.236. The Kier molecular flexibility index (Phi) is 2.74. The first kappa shape index (κ1) is 9.10. The lowest BCUT2D eigenvalue weighted by Gasteiger charge is -2.08. The molecule has 0 rings (SSSR count). The number of nitrogens with one attached hydrogen (secondary N) is 2. The van der Waals surface area contributed by atoms with Gasteiger partial charge in [0.25, 0.3) is 5.96 Å².